The minimum Gasteiger partial charge on any atom is -0.478 e. The van der Waals surface area contributed by atoms with E-state index in [1.54, 1.807) is 0 Å². The van der Waals surface area contributed by atoms with Gasteiger partial charge < -0.3 is 10.4 Å². The summed E-state index contributed by atoms with van der Waals surface area (Å²) in [7, 11) is 0. The van der Waals surface area contributed by atoms with E-state index < -0.39 is 22.4 Å². The molecule has 0 amide bonds. The van der Waals surface area contributed by atoms with Crippen LogP contribution in [0.3, 0.4) is 0 Å². The average molecular weight is 311 g/mol. The van der Waals surface area contributed by atoms with Crippen molar-refractivity contribution < 1.29 is 19.2 Å². The summed E-state index contributed by atoms with van der Waals surface area (Å²) in [5.41, 5.74) is -0.261. The zero-order valence-electron chi connectivity index (χ0n) is 10.3. The van der Waals surface area contributed by atoms with E-state index in [2.05, 4.69) is 5.32 Å². The third-order valence-corrected chi connectivity index (χ3v) is 2.91. The molecule has 0 aromatic heterocycles. The van der Waals surface area contributed by atoms with Crippen LogP contribution in [-0.2, 0) is 0 Å². The molecule has 0 atom stereocenters. The highest BCUT2D eigenvalue weighted by atomic mass is 35.5. The maximum Gasteiger partial charge on any atom is 0.335 e. The maximum atomic E-state index is 13.4. The fourth-order valence-electron chi connectivity index (χ4n) is 1.67. The molecule has 0 bridgehead atoms. The van der Waals surface area contributed by atoms with Crippen LogP contribution in [0.15, 0.2) is 36.4 Å². The van der Waals surface area contributed by atoms with Crippen LogP contribution < -0.4 is 5.32 Å². The van der Waals surface area contributed by atoms with E-state index in [-0.39, 0.29) is 22.0 Å². The summed E-state index contributed by atoms with van der Waals surface area (Å²) in [6.45, 7) is 0. The number of hydrogen-bond donors (Lipinski definition) is 2. The van der Waals surface area contributed by atoms with E-state index in [9.17, 15) is 19.3 Å². The third-order valence-electron chi connectivity index (χ3n) is 2.62. The maximum absolute atomic E-state index is 13.4. The molecule has 6 nitrogen and oxygen atoms in total. The SMILES string of the molecule is O=C(O)c1cccc(Nc2cc(F)c(Cl)cc2[N+](=O)[O-])c1. The zero-order valence-corrected chi connectivity index (χ0v) is 11.1. The van der Waals surface area contributed by atoms with Crippen molar-refractivity contribution >= 4 is 34.6 Å². The van der Waals surface area contributed by atoms with Gasteiger partial charge in [-0.15, -0.1) is 0 Å². The van der Waals surface area contributed by atoms with Crippen LogP contribution in [0.1, 0.15) is 10.4 Å². The van der Waals surface area contributed by atoms with Gasteiger partial charge in [0.2, 0.25) is 0 Å². The van der Waals surface area contributed by atoms with E-state index in [0.29, 0.717) is 0 Å². The molecule has 0 fully saturated rings. The summed E-state index contributed by atoms with van der Waals surface area (Å²) >= 11 is 5.51. The number of halogens is 2. The number of rotatable bonds is 4. The van der Waals surface area contributed by atoms with Crippen LogP contribution in [0.2, 0.25) is 5.02 Å². The second-order valence-corrected chi connectivity index (χ2v) is 4.46. The molecule has 0 radical (unpaired) electrons. The number of carbonyl (C=O) groups is 1. The Balaban J connectivity index is 2.43. The minimum atomic E-state index is -1.14. The lowest BCUT2D eigenvalue weighted by atomic mass is 10.2. The summed E-state index contributed by atoms with van der Waals surface area (Å²) in [5.74, 6) is -1.96. The van der Waals surface area contributed by atoms with Gasteiger partial charge in [0.1, 0.15) is 11.5 Å². The highest BCUT2D eigenvalue weighted by molar-refractivity contribution is 6.31. The van der Waals surface area contributed by atoms with Gasteiger partial charge in [0, 0.05) is 17.8 Å². The van der Waals surface area contributed by atoms with Gasteiger partial charge in [0.05, 0.1) is 15.5 Å². The summed E-state index contributed by atoms with van der Waals surface area (Å²) in [5, 5.41) is 22.1. The molecule has 0 saturated heterocycles. The number of carboxylic acids is 1. The first-order chi connectivity index (χ1) is 9.88. The molecule has 2 rings (SSSR count). The lowest BCUT2D eigenvalue weighted by molar-refractivity contribution is -0.383. The fourth-order valence-corrected chi connectivity index (χ4v) is 1.83. The standard InChI is InChI=1S/C13H8ClFN2O4/c14-9-5-12(17(20)21)11(6-10(9)15)16-8-3-1-2-7(4-8)13(18)19/h1-6,16H,(H,18,19). The van der Waals surface area contributed by atoms with Crippen molar-refractivity contribution in [1.29, 1.82) is 0 Å². The van der Waals surface area contributed by atoms with Crippen LogP contribution in [0, 0.1) is 15.9 Å². The molecule has 0 aliphatic carbocycles. The van der Waals surface area contributed by atoms with E-state index in [0.717, 1.165) is 12.1 Å². The van der Waals surface area contributed by atoms with Gasteiger partial charge in [-0.25, -0.2) is 9.18 Å². The topological polar surface area (TPSA) is 92.5 Å². The predicted molar refractivity (Wildman–Crippen MR) is 74.7 cm³/mol. The minimum absolute atomic E-state index is 0.00270. The summed E-state index contributed by atoms with van der Waals surface area (Å²) < 4.78 is 13.4. The summed E-state index contributed by atoms with van der Waals surface area (Å²) in [6, 6.07) is 7.38. The molecule has 0 aliphatic rings. The zero-order chi connectivity index (χ0) is 15.6. The quantitative estimate of drug-likeness (QED) is 0.661. The number of hydrogen-bond acceptors (Lipinski definition) is 4. The Morgan fingerprint density at radius 2 is 2.05 bits per heavy atom. The van der Waals surface area contributed by atoms with Crippen molar-refractivity contribution in [2.24, 2.45) is 0 Å². The Hall–Kier alpha value is -2.67. The van der Waals surface area contributed by atoms with Gasteiger partial charge in [0.25, 0.3) is 5.69 Å². The smallest absolute Gasteiger partial charge is 0.335 e. The second kappa shape index (κ2) is 5.76. The van der Waals surface area contributed by atoms with Crippen molar-refractivity contribution in [2.75, 3.05) is 5.32 Å². The van der Waals surface area contributed by atoms with Crippen molar-refractivity contribution in [1.82, 2.24) is 0 Å². The monoisotopic (exact) mass is 310 g/mol. The molecular weight excluding hydrogens is 303 g/mol. The molecule has 0 saturated carbocycles. The molecule has 0 aliphatic heterocycles. The largest absolute Gasteiger partial charge is 0.478 e. The number of benzene rings is 2. The Morgan fingerprint density at radius 3 is 2.67 bits per heavy atom. The molecule has 2 N–H and O–H groups in total. The first-order valence-electron chi connectivity index (χ1n) is 5.62. The van der Waals surface area contributed by atoms with Crippen molar-refractivity contribution in [3.8, 4) is 0 Å². The van der Waals surface area contributed by atoms with E-state index in [1.165, 1.54) is 24.3 Å². The highest BCUT2D eigenvalue weighted by Gasteiger charge is 2.18. The van der Waals surface area contributed by atoms with E-state index >= 15 is 0 Å². The molecule has 0 unspecified atom stereocenters. The first-order valence-corrected chi connectivity index (χ1v) is 6.00. The molecule has 108 valence electrons. The molecule has 0 spiro atoms. The van der Waals surface area contributed by atoms with Crippen LogP contribution in [0.4, 0.5) is 21.5 Å². The van der Waals surface area contributed by atoms with Crippen molar-refractivity contribution in [2.45, 2.75) is 0 Å². The number of aromatic carboxylic acids is 1. The van der Waals surface area contributed by atoms with Crippen LogP contribution in [0.5, 0.6) is 0 Å². The predicted octanol–water partition coefficient (Wildman–Crippen LogP) is 3.83. The number of nitro groups is 1. The number of nitrogens with zero attached hydrogens (tertiary/aromatic N) is 1. The molecule has 0 heterocycles. The van der Waals surface area contributed by atoms with Crippen molar-refractivity contribution in [3.63, 3.8) is 0 Å². The van der Waals surface area contributed by atoms with Gasteiger partial charge in [0.15, 0.2) is 0 Å². The number of nitro benzene ring substituents is 1. The van der Waals surface area contributed by atoms with Gasteiger partial charge in [-0.3, -0.25) is 10.1 Å². The van der Waals surface area contributed by atoms with E-state index in [4.69, 9.17) is 16.7 Å². The molecule has 2 aromatic rings. The van der Waals surface area contributed by atoms with Gasteiger partial charge in [-0.05, 0) is 18.2 Å². The Morgan fingerprint density at radius 1 is 1.33 bits per heavy atom. The average Bonchev–Trinajstić information content (AvgIpc) is 2.42. The van der Waals surface area contributed by atoms with Gasteiger partial charge in [-0.2, -0.15) is 0 Å². The van der Waals surface area contributed by atoms with Crippen molar-refractivity contribution in [3.05, 3.63) is 62.9 Å². The van der Waals surface area contributed by atoms with Gasteiger partial charge >= 0.3 is 5.97 Å². The first kappa shape index (κ1) is 14.7. The number of carboxylic acid groups (broad SMARTS) is 1. The summed E-state index contributed by atoms with van der Waals surface area (Å²) in [6.07, 6.45) is 0. The number of anilines is 2. The molecular formula is C13H8ClFN2O4. The fraction of sp³-hybridized carbons (Fsp3) is 0. The summed E-state index contributed by atoms with van der Waals surface area (Å²) in [4.78, 5) is 21.1. The molecule has 8 heteroatoms. The third kappa shape index (κ3) is 3.26. The van der Waals surface area contributed by atoms with Crippen LogP contribution in [-0.4, -0.2) is 16.0 Å². The van der Waals surface area contributed by atoms with E-state index in [1.807, 2.05) is 0 Å². The number of nitrogens with one attached hydrogen (secondary N) is 1. The molecule has 21 heavy (non-hydrogen) atoms. The van der Waals surface area contributed by atoms with Crippen LogP contribution in [0.25, 0.3) is 0 Å². The Labute approximate surface area is 122 Å². The second-order valence-electron chi connectivity index (χ2n) is 4.05. The van der Waals surface area contributed by atoms with Gasteiger partial charge in [-0.1, -0.05) is 17.7 Å². The molecule has 2 aromatic carbocycles. The lowest BCUT2D eigenvalue weighted by Crippen LogP contribution is -2.00. The lowest BCUT2D eigenvalue weighted by Gasteiger charge is -2.08. The normalized spacial score (nSPS) is 10.2. The Kier molecular flexibility index (Phi) is 4.04. The Bertz CT molecular complexity index is 736. The highest BCUT2D eigenvalue weighted by Crippen LogP contribution is 2.32. The van der Waals surface area contributed by atoms with Crippen LogP contribution >= 0.6 is 11.6 Å².